The zero-order chi connectivity index (χ0) is 18.6. The Morgan fingerprint density at radius 3 is 2.78 bits per heavy atom. The van der Waals surface area contributed by atoms with Crippen LogP contribution in [0.5, 0.6) is 11.5 Å². The van der Waals surface area contributed by atoms with Crippen molar-refractivity contribution < 1.29 is 18.7 Å². The molecular weight excluding hydrogens is 351 g/mol. The van der Waals surface area contributed by atoms with E-state index in [1.165, 1.54) is 18.3 Å². The Kier molecular flexibility index (Phi) is 4.61. The molecule has 0 spiro atoms. The van der Waals surface area contributed by atoms with Gasteiger partial charge in [-0.1, -0.05) is 24.3 Å². The van der Waals surface area contributed by atoms with Crippen LogP contribution in [0.4, 0.5) is 20.6 Å². The Morgan fingerprint density at radius 1 is 1.15 bits per heavy atom. The molecule has 138 valence electrons. The Labute approximate surface area is 154 Å². The van der Waals surface area contributed by atoms with Crippen molar-refractivity contribution in [2.24, 2.45) is 0 Å². The average molecular weight is 368 g/mol. The summed E-state index contributed by atoms with van der Waals surface area (Å²) in [4.78, 5) is 12.0. The van der Waals surface area contributed by atoms with Crippen molar-refractivity contribution in [1.82, 2.24) is 9.78 Å². The molecule has 0 fully saturated rings. The van der Waals surface area contributed by atoms with E-state index < -0.39 is 11.8 Å². The number of anilines is 2. The maximum Gasteiger partial charge on any atom is 0.323 e. The fourth-order valence-corrected chi connectivity index (χ4v) is 2.74. The standard InChI is InChI=1S/C19H17FN4O3/c20-15-5-1-2-6-16(15)23-19(25)22-13-9-21-24(10-13)11-14-12-26-17-7-3-4-8-18(17)27-14/h1-10,14H,11-12H2,(H2,22,23,25). The lowest BCUT2D eigenvalue weighted by Crippen LogP contribution is -2.33. The lowest BCUT2D eigenvalue weighted by Gasteiger charge is -2.26. The highest BCUT2D eigenvalue weighted by atomic mass is 19.1. The zero-order valence-corrected chi connectivity index (χ0v) is 14.3. The van der Waals surface area contributed by atoms with Crippen LogP contribution >= 0.6 is 0 Å². The summed E-state index contributed by atoms with van der Waals surface area (Å²) in [7, 11) is 0. The van der Waals surface area contributed by atoms with Crippen LogP contribution in [0.1, 0.15) is 0 Å². The van der Waals surface area contributed by atoms with Crippen LogP contribution in [0.2, 0.25) is 0 Å². The topological polar surface area (TPSA) is 77.4 Å². The van der Waals surface area contributed by atoms with E-state index in [9.17, 15) is 9.18 Å². The number of nitrogens with zero attached hydrogens (tertiary/aromatic N) is 2. The molecule has 4 rings (SSSR count). The van der Waals surface area contributed by atoms with Crippen molar-refractivity contribution in [3.8, 4) is 11.5 Å². The smallest absolute Gasteiger partial charge is 0.323 e. The number of carbonyl (C=O) groups is 1. The van der Waals surface area contributed by atoms with Crippen LogP contribution in [-0.4, -0.2) is 28.5 Å². The highest BCUT2D eigenvalue weighted by Crippen LogP contribution is 2.31. The maximum absolute atomic E-state index is 13.6. The van der Waals surface area contributed by atoms with E-state index in [2.05, 4.69) is 15.7 Å². The van der Waals surface area contributed by atoms with Gasteiger partial charge in [-0.2, -0.15) is 5.10 Å². The predicted molar refractivity (Wildman–Crippen MR) is 97.6 cm³/mol. The number of aromatic nitrogens is 2. The van der Waals surface area contributed by atoms with Crippen molar-refractivity contribution in [3.05, 3.63) is 66.7 Å². The van der Waals surface area contributed by atoms with E-state index in [1.807, 2.05) is 24.3 Å². The lowest BCUT2D eigenvalue weighted by atomic mass is 10.2. The molecule has 0 aliphatic carbocycles. The molecule has 27 heavy (non-hydrogen) atoms. The second-order valence-corrected chi connectivity index (χ2v) is 6.01. The van der Waals surface area contributed by atoms with Gasteiger partial charge in [0.15, 0.2) is 17.6 Å². The molecular formula is C19H17FN4O3. The Bertz CT molecular complexity index is 959. The quantitative estimate of drug-likeness (QED) is 0.739. The third-order valence-electron chi connectivity index (χ3n) is 3.97. The number of benzene rings is 2. The Balaban J connectivity index is 1.34. The first-order chi connectivity index (χ1) is 13.2. The fraction of sp³-hybridized carbons (Fsp3) is 0.158. The molecule has 0 saturated heterocycles. The number of amides is 2. The third kappa shape index (κ3) is 4.00. The van der Waals surface area contributed by atoms with Gasteiger partial charge in [0.05, 0.1) is 24.1 Å². The molecule has 3 aromatic rings. The highest BCUT2D eigenvalue weighted by Gasteiger charge is 2.21. The predicted octanol–water partition coefficient (Wildman–Crippen LogP) is 3.51. The molecule has 2 amide bonds. The molecule has 1 aliphatic rings. The van der Waals surface area contributed by atoms with E-state index in [0.717, 1.165) is 5.75 Å². The van der Waals surface area contributed by atoms with Crippen molar-refractivity contribution in [2.75, 3.05) is 17.2 Å². The van der Waals surface area contributed by atoms with Crippen LogP contribution in [0.15, 0.2) is 60.9 Å². The number of hydrogen-bond acceptors (Lipinski definition) is 4. The summed E-state index contributed by atoms with van der Waals surface area (Å²) in [6, 6.07) is 12.9. The number of nitrogens with one attached hydrogen (secondary N) is 2. The van der Waals surface area contributed by atoms with Crippen LogP contribution in [-0.2, 0) is 6.54 Å². The summed E-state index contributed by atoms with van der Waals surface area (Å²) in [6.07, 6.45) is 2.99. The van der Waals surface area contributed by atoms with E-state index in [-0.39, 0.29) is 11.8 Å². The molecule has 0 saturated carbocycles. The number of fused-ring (bicyclic) bond motifs is 1. The second kappa shape index (κ2) is 7.36. The second-order valence-electron chi connectivity index (χ2n) is 6.01. The molecule has 0 radical (unpaired) electrons. The summed E-state index contributed by atoms with van der Waals surface area (Å²) in [6.45, 7) is 0.873. The molecule has 0 bridgehead atoms. The number of rotatable bonds is 4. The number of ether oxygens (including phenoxy) is 2. The van der Waals surface area contributed by atoms with Gasteiger partial charge in [0.1, 0.15) is 12.4 Å². The molecule has 1 atom stereocenters. The minimum atomic E-state index is -0.550. The number of para-hydroxylation sites is 3. The van der Waals surface area contributed by atoms with Crippen molar-refractivity contribution >= 4 is 17.4 Å². The van der Waals surface area contributed by atoms with Gasteiger partial charge in [0.2, 0.25) is 0 Å². The molecule has 7 nitrogen and oxygen atoms in total. The van der Waals surface area contributed by atoms with Crippen molar-refractivity contribution in [1.29, 1.82) is 0 Å². The summed E-state index contributed by atoms with van der Waals surface area (Å²) in [5.41, 5.74) is 0.592. The Hall–Kier alpha value is -3.55. The van der Waals surface area contributed by atoms with Crippen molar-refractivity contribution in [3.63, 3.8) is 0 Å². The lowest BCUT2D eigenvalue weighted by molar-refractivity contribution is 0.0759. The van der Waals surface area contributed by atoms with Crippen LogP contribution in [0, 0.1) is 5.82 Å². The number of carbonyl (C=O) groups excluding carboxylic acids is 1. The van der Waals surface area contributed by atoms with Gasteiger partial charge in [-0.05, 0) is 24.3 Å². The number of hydrogen-bond donors (Lipinski definition) is 2. The van der Waals surface area contributed by atoms with E-state index >= 15 is 0 Å². The Morgan fingerprint density at radius 2 is 1.93 bits per heavy atom. The molecule has 2 heterocycles. The van der Waals surface area contributed by atoms with Gasteiger partial charge in [-0.3, -0.25) is 4.68 Å². The molecule has 8 heteroatoms. The minimum absolute atomic E-state index is 0.105. The van der Waals surface area contributed by atoms with Crippen molar-refractivity contribution in [2.45, 2.75) is 12.6 Å². The highest BCUT2D eigenvalue weighted by molar-refractivity contribution is 5.99. The molecule has 2 N–H and O–H groups in total. The molecule has 2 aromatic carbocycles. The van der Waals surface area contributed by atoms with Gasteiger partial charge in [0, 0.05) is 6.20 Å². The largest absolute Gasteiger partial charge is 0.486 e. The first-order valence-corrected chi connectivity index (χ1v) is 8.41. The molecule has 1 unspecified atom stereocenters. The van der Waals surface area contributed by atoms with Gasteiger partial charge >= 0.3 is 6.03 Å². The van der Waals surface area contributed by atoms with Gasteiger partial charge < -0.3 is 20.1 Å². The summed E-state index contributed by atoms with van der Waals surface area (Å²) in [5.74, 6) is 0.919. The average Bonchev–Trinajstić information content (AvgIpc) is 3.10. The molecule has 1 aliphatic heterocycles. The van der Waals surface area contributed by atoms with Crippen LogP contribution in [0.3, 0.4) is 0 Å². The summed E-state index contributed by atoms with van der Waals surface area (Å²) < 4.78 is 26.8. The van der Waals surface area contributed by atoms with Gasteiger partial charge in [0.25, 0.3) is 0 Å². The van der Waals surface area contributed by atoms with E-state index in [4.69, 9.17) is 9.47 Å². The van der Waals surface area contributed by atoms with Crippen LogP contribution in [0.25, 0.3) is 0 Å². The number of halogens is 1. The maximum atomic E-state index is 13.6. The monoisotopic (exact) mass is 368 g/mol. The fourth-order valence-electron chi connectivity index (χ4n) is 2.74. The SMILES string of the molecule is O=C(Nc1cnn(CC2COc3ccccc3O2)c1)Nc1ccccc1F. The third-order valence-corrected chi connectivity index (χ3v) is 3.97. The number of urea groups is 1. The summed E-state index contributed by atoms with van der Waals surface area (Å²) in [5, 5.41) is 9.28. The first-order valence-electron chi connectivity index (χ1n) is 8.41. The summed E-state index contributed by atoms with van der Waals surface area (Å²) >= 11 is 0. The van der Waals surface area contributed by atoms with E-state index in [0.29, 0.717) is 24.6 Å². The normalized spacial score (nSPS) is 15.2. The zero-order valence-electron chi connectivity index (χ0n) is 14.3. The first kappa shape index (κ1) is 16.9. The van der Waals surface area contributed by atoms with Gasteiger partial charge in [-0.15, -0.1) is 0 Å². The molecule has 1 aromatic heterocycles. The van der Waals surface area contributed by atoms with Crippen LogP contribution < -0.4 is 20.1 Å². The van der Waals surface area contributed by atoms with Gasteiger partial charge in [-0.25, -0.2) is 9.18 Å². The van der Waals surface area contributed by atoms with E-state index in [1.54, 1.807) is 23.0 Å². The minimum Gasteiger partial charge on any atom is -0.486 e.